The summed E-state index contributed by atoms with van der Waals surface area (Å²) < 4.78 is 27.0. The van der Waals surface area contributed by atoms with E-state index in [0.29, 0.717) is 11.4 Å². The molecule has 0 saturated heterocycles. The molecule has 0 aromatic carbocycles. The van der Waals surface area contributed by atoms with Gasteiger partial charge >= 0.3 is 5.97 Å². The Balaban J connectivity index is 2.36. The second kappa shape index (κ2) is 5.31. The number of aryl methyl sites for hydroxylation is 1. The van der Waals surface area contributed by atoms with Crippen LogP contribution in [0.3, 0.4) is 0 Å². The molecule has 3 N–H and O–H groups in total. The fraction of sp³-hybridized carbons (Fsp3) is 0.300. The number of carbonyl (C=O) groups is 1. The smallest absolute Gasteiger partial charge is 0.347 e. The van der Waals surface area contributed by atoms with Crippen molar-refractivity contribution in [2.45, 2.75) is 24.8 Å². The van der Waals surface area contributed by atoms with E-state index in [0.717, 1.165) is 11.3 Å². The third-order valence-electron chi connectivity index (χ3n) is 2.56. The standard InChI is InChI=1S/C10H12N4O4S2/c1-5-3-19-7(10(15)16)8(5)20(17,18)14-6(2)9-11-4-12-13-9/h3-4,6,14H,1-2H3,(H,15,16)(H,11,12,13). The zero-order valence-electron chi connectivity index (χ0n) is 10.6. The summed E-state index contributed by atoms with van der Waals surface area (Å²) in [6.07, 6.45) is 1.26. The minimum atomic E-state index is -3.96. The maximum absolute atomic E-state index is 12.3. The van der Waals surface area contributed by atoms with E-state index in [-0.39, 0.29) is 9.77 Å². The van der Waals surface area contributed by atoms with Crippen LogP contribution in [0.15, 0.2) is 16.6 Å². The first-order valence-corrected chi connectivity index (χ1v) is 7.88. The minimum Gasteiger partial charge on any atom is -0.477 e. The fourth-order valence-corrected chi connectivity index (χ4v) is 4.52. The molecule has 0 amide bonds. The number of aromatic amines is 1. The largest absolute Gasteiger partial charge is 0.477 e. The summed E-state index contributed by atoms with van der Waals surface area (Å²) in [6, 6.07) is -0.650. The van der Waals surface area contributed by atoms with Gasteiger partial charge in [-0.05, 0) is 24.8 Å². The minimum absolute atomic E-state index is 0.207. The lowest BCUT2D eigenvalue weighted by Crippen LogP contribution is -2.28. The maximum Gasteiger partial charge on any atom is 0.347 e. The molecule has 0 aliphatic carbocycles. The highest BCUT2D eigenvalue weighted by molar-refractivity contribution is 7.89. The molecule has 108 valence electrons. The van der Waals surface area contributed by atoms with E-state index in [1.54, 1.807) is 13.8 Å². The van der Waals surface area contributed by atoms with E-state index in [9.17, 15) is 13.2 Å². The summed E-state index contributed by atoms with van der Waals surface area (Å²) in [4.78, 5) is 14.5. The van der Waals surface area contributed by atoms with Crippen molar-refractivity contribution in [2.24, 2.45) is 0 Å². The Bertz CT molecular complexity index is 721. The van der Waals surface area contributed by atoms with Crippen molar-refractivity contribution < 1.29 is 18.3 Å². The van der Waals surface area contributed by atoms with Crippen LogP contribution in [0.1, 0.15) is 34.0 Å². The van der Waals surface area contributed by atoms with Crippen molar-refractivity contribution in [2.75, 3.05) is 0 Å². The number of hydrogen-bond acceptors (Lipinski definition) is 6. The van der Waals surface area contributed by atoms with Crippen LogP contribution >= 0.6 is 11.3 Å². The van der Waals surface area contributed by atoms with Crippen molar-refractivity contribution in [3.05, 3.63) is 28.0 Å². The molecule has 0 fully saturated rings. The Morgan fingerprint density at radius 1 is 1.55 bits per heavy atom. The number of H-pyrrole nitrogens is 1. The van der Waals surface area contributed by atoms with Gasteiger partial charge in [-0.15, -0.1) is 11.3 Å². The Labute approximate surface area is 118 Å². The summed E-state index contributed by atoms with van der Waals surface area (Å²) in [5, 5.41) is 16.7. The number of aromatic carboxylic acids is 1. The number of carboxylic acid groups (broad SMARTS) is 1. The second-order valence-corrected chi connectivity index (χ2v) is 6.63. The first-order chi connectivity index (χ1) is 9.33. The van der Waals surface area contributed by atoms with E-state index in [1.807, 2.05) is 0 Å². The van der Waals surface area contributed by atoms with Gasteiger partial charge in [0.05, 0.1) is 6.04 Å². The van der Waals surface area contributed by atoms with E-state index in [4.69, 9.17) is 5.11 Å². The molecule has 1 atom stereocenters. The number of thiophene rings is 1. The van der Waals surface area contributed by atoms with E-state index >= 15 is 0 Å². The molecule has 2 heterocycles. The van der Waals surface area contributed by atoms with Crippen LogP contribution in [0, 0.1) is 6.92 Å². The van der Waals surface area contributed by atoms with Gasteiger partial charge in [0.1, 0.15) is 21.9 Å². The second-order valence-electron chi connectivity index (χ2n) is 4.10. The number of nitrogens with zero attached hydrogens (tertiary/aromatic N) is 2. The van der Waals surface area contributed by atoms with E-state index in [1.165, 1.54) is 11.7 Å². The summed E-state index contributed by atoms with van der Waals surface area (Å²) in [6.45, 7) is 3.14. The quantitative estimate of drug-likeness (QED) is 0.753. The number of hydrogen-bond donors (Lipinski definition) is 3. The van der Waals surface area contributed by atoms with Crippen LogP contribution in [-0.4, -0.2) is 34.7 Å². The fourth-order valence-electron chi connectivity index (χ4n) is 1.69. The zero-order chi connectivity index (χ0) is 14.9. The molecule has 2 aromatic rings. The Morgan fingerprint density at radius 3 is 2.80 bits per heavy atom. The van der Waals surface area contributed by atoms with Gasteiger partial charge in [-0.2, -0.15) is 5.10 Å². The monoisotopic (exact) mass is 316 g/mol. The number of nitrogens with one attached hydrogen (secondary N) is 2. The van der Waals surface area contributed by atoms with Crippen LogP contribution in [0.4, 0.5) is 0 Å². The number of sulfonamides is 1. The topological polar surface area (TPSA) is 125 Å². The maximum atomic E-state index is 12.3. The summed E-state index contributed by atoms with van der Waals surface area (Å²) in [5.41, 5.74) is 0.393. The molecule has 1 unspecified atom stereocenters. The Morgan fingerprint density at radius 2 is 2.25 bits per heavy atom. The van der Waals surface area contributed by atoms with Crippen LogP contribution in [-0.2, 0) is 10.0 Å². The molecule has 0 spiro atoms. The van der Waals surface area contributed by atoms with Crippen molar-refractivity contribution in [3.63, 3.8) is 0 Å². The van der Waals surface area contributed by atoms with Crippen molar-refractivity contribution >= 4 is 27.3 Å². The molecular formula is C10H12N4O4S2. The molecular weight excluding hydrogens is 304 g/mol. The Kier molecular flexibility index (Phi) is 3.88. The van der Waals surface area contributed by atoms with E-state index < -0.39 is 22.0 Å². The van der Waals surface area contributed by atoms with Gasteiger partial charge in [0.25, 0.3) is 0 Å². The van der Waals surface area contributed by atoms with Gasteiger partial charge in [0, 0.05) is 0 Å². The van der Waals surface area contributed by atoms with Gasteiger partial charge < -0.3 is 5.11 Å². The normalized spacial score (nSPS) is 13.3. The predicted octanol–water partition coefficient (Wildman–Crippen LogP) is 0.912. The van der Waals surface area contributed by atoms with Crippen LogP contribution in [0.25, 0.3) is 0 Å². The first-order valence-electron chi connectivity index (χ1n) is 5.52. The Hall–Kier alpha value is -1.78. The third-order valence-corrected chi connectivity index (χ3v) is 5.50. The summed E-state index contributed by atoms with van der Waals surface area (Å²) in [5.74, 6) is -0.922. The number of rotatable bonds is 5. The molecule has 2 aromatic heterocycles. The average Bonchev–Trinajstić information content (AvgIpc) is 2.96. The highest BCUT2D eigenvalue weighted by Gasteiger charge is 2.28. The highest BCUT2D eigenvalue weighted by Crippen LogP contribution is 2.27. The van der Waals surface area contributed by atoms with Crippen molar-refractivity contribution in [1.82, 2.24) is 19.9 Å². The molecule has 0 radical (unpaired) electrons. The van der Waals surface area contributed by atoms with Crippen molar-refractivity contribution in [1.29, 1.82) is 0 Å². The van der Waals surface area contributed by atoms with Gasteiger partial charge in [0.15, 0.2) is 0 Å². The lowest BCUT2D eigenvalue weighted by atomic mass is 10.3. The molecule has 20 heavy (non-hydrogen) atoms. The molecule has 8 nitrogen and oxygen atoms in total. The number of carboxylic acids is 1. The lowest BCUT2D eigenvalue weighted by Gasteiger charge is -2.12. The average molecular weight is 316 g/mol. The van der Waals surface area contributed by atoms with Crippen molar-refractivity contribution in [3.8, 4) is 0 Å². The van der Waals surface area contributed by atoms with Gasteiger partial charge in [0.2, 0.25) is 10.0 Å². The van der Waals surface area contributed by atoms with Gasteiger partial charge in [-0.1, -0.05) is 0 Å². The molecule has 2 rings (SSSR count). The number of aromatic nitrogens is 3. The summed E-state index contributed by atoms with van der Waals surface area (Å²) >= 11 is 0.881. The van der Waals surface area contributed by atoms with Gasteiger partial charge in [-0.25, -0.2) is 22.9 Å². The van der Waals surface area contributed by atoms with Crippen LogP contribution in [0.5, 0.6) is 0 Å². The van der Waals surface area contributed by atoms with Gasteiger partial charge in [-0.3, -0.25) is 5.10 Å². The van der Waals surface area contributed by atoms with Crippen LogP contribution in [0.2, 0.25) is 0 Å². The molecule has 0 bridgehead atoms. The van der Waals surface area contributed by atoms with E-state index in [2.05, 4.69) is 19.9 Å². The molecule has 0 aliphatic rings. The zero-order valence-corrected chi connectivity index (χ0v) is 12.2. The third kappa shape index (κ3) is 2.71. The van der Waals surface area contributed by atoms with Crippen LogP contribution < -0.4 is 4.72 Å². The summed E-state index contributed by atoms with van der Waals surface area (Å²) in [7, 11) is -3.96. The molecule has 0 aliphatic heterocycles. The molecule has 10 heteroatoms. The molecule has 0 saturated carbocycles. The highest BCUT2D eigenvalue weighted by atomic mass is 32.2. The predicted molar refractivity (Wildman–Crippen MR) is 71.1 cm³/mol. The first kappa shape index (κ1) is 14.6. The SMILES string of the molecule is Cc1csc(C(=O)O)c1S(=O)(=O)NC(C)c1ncn[nH]1. The lowest BCUT2D eigenvalue weighted by molar-refractivity contribution is 0.0698.